The van der Waals surface area contributed by atoms with Gasteiger partial charge >= 0.3 is 0 Å². The van der Waals surface area contributed by atoms with Gasteiger partial charge in [0, 0.05) is 44.3 Å². The van der Waals surface area contributed by atoms with Crippen LogP contribution in [0.5, 0.6) is 0 Å². The molecule has 2 aromatic rings. The molecule has 0 saturated carbocycles. The number of nitrogens with zero attached hydrogens (tertiary/aromatic N) is 5. The lowest BCUT2D eigenvalue weighted by molar-refractivity contribution is 0.0740. The molecule has 2 aromatic heterocycles. The largest absolute Gasteiger partial charge is 0.352 e. The number of carbonyl (C=O) groups excluding carboxylic acids is 1. The van der Waals surface area contributed by atoms with Crippen molar-refractivity contribution in [2.24, 2.45) is 0 Å². The molecule has 116 valence electrons. The van der Waals surface area contributed by atoms with E-state index in [0.29, 0.717) is 18.8 Å². The number of carbonyl (C=O) groups is 1. The normalized spacial score (nSPS) is 15.1. The zero-order valence-corrected chi connectivity index (χ0v) is 12.7. The molecule has 0 bridgehead atoms. The maximum absolute atomic E-state index is 12.5. The number of rotatable bonds is 4. The van der Waals surface area contributed by atoms with E-state index in [-0.39, 0.29) is 5.91 Å². The standard InChI is InChI=1S/C15H20N6O/c1-2-3-12-10-13(19-18-12)15(22)21-8-6-20(7-9-21)14-11-16-4-5-17-14/h4-5,10-11H,2-3,6-9H2,1H3,(H,18,19). The van der Waals surface area contributed by atoms with Gasteiger partial charge in [-0.1, -0.05) is 13.3 Å². The Kier molecular flexibility index (Phi) is 4.32. The van der Waals surface area contributed by atoms with Crippen LogP contribution in [0.3, 0.4) is 0 Å². The van der Waals surface area contributed by atoms with Crippen molar-refractivity contribution < 1.29 is 4.79 Å². The molecule has 0 spiro atoms. The smallest absolute Gasteiger partial charge is 0.274 e. The molecule has 0 atom stereocenters. The van der Waals surface area contributed by atoms with E-state index in [4.69, 9.17) is 0 Å². The first-order chi connectivity index (χ1) is 10.8. The minimum Gasteiger partial charge on any atom is -0.352 e. The summed E-state index contributed by atoms with van der Waals surface area (Å²) in [6, 6.07) is 1.86. The minimum absolute atomic E-state index is 0.00241. The number of anilines is 1. The monoisotopic (exact) mass is 300 g/mol. The van der Waals surface area contributed by atoms with E-state index in [0.717, 1.165) is 37.4 Å². The Morgan fingerprint density at radius 2 is 2.09 bits per heavy atom. The number of piperazine rings is 1. The van der Waals surface area contributed by atoms with Crippen molar-refractivity contribution in [2.45, 2.75) is 19.8 Å². The topological polar surface area (TPSA) is 78.0 Å². The van der Waals surface area contributed by atoms with Crippen molar-refractivity contribution >= 4 is 11.7 Å². The van der Waals surface area contributed by atoms with E-state index in [1.165, 1.54) is 0 Å². The first-order valence-corrected chi connectivity index (χ1v) is 7.62. The number of amides is 1. The predicted molar refractivity (Wildman–Crippen MR) is 82.7 cm³/mol. The molecule has 3 rings (SSSR count). The summed E-state index contributed by atoms with van der Waals surface area (Å²) in [6.07, 6.45) is 7.05. The van der Waals surface area contributed by atoms with Gasteiger partial charge in [-0.3, -0.25) is 14.9 Å². The molecule has 0 aliphatic carbocycles. The number of H-pyrrole nitrogens is 1. The van der Waals surface area contributed by atoms with Crippen molar-refractivity contribution in [3.8, 4) is 0 Å². The van der Waals surface area contributed by atoms with Crippen LogP contribution in [-0.4, -0.2) is 57.2 Å². The third-order valence-corrected chi connectivity index (χ3v) is 3.81. The van der Waals surface area contributed by atoms with E-state index < -0.39 is 0 Å². The van der Waals surface area contributed by atoms with Crippen molar-refractivity contribution in [1.29, 1.82) is 0 Å². The Morgan fingerprint density at radius 1 is 1.27 bits per heavy atom. The van der Waals surface area contributed by atoms with Crippen LogP contribution in [0, 0.1) is 0 Å². The molecule has 0 radical (unpaired) electrons. The lowest BCUT2D eigenvalue weighted by Crippen LogP contribution is -2.49. The quantitative estimate of drug-likeness (QED) is 0.915. The van der Waals surface area contributed by atoms with E-state index in [1.807, 2.05) is 11.0 Å². The molecule has 1 fully saturated rings. The molecule has 1 aliphatic heterocycles. The lowest BCUT2D eigenvalue weighted by atomic mass is 10.2. The summed E-state index contributed by atoms with van der Waals surface area (Å²) in [7, 11) is 0. The molecule has 3 heterocycles. The third kappa shape index (κ3) is 3.08. The molecular weight excluding hydrogens is 280 g/mol. The van der Waals surface area contributed by atoms with Gasteiger partial charge in [0.25, 0.3) is 5.91 Å². The van der Waals surface area contributed by atoms with Gasteiger partial charge in [-0.05, 0) is 12.5 Å². The number of nitrogens with one attached hydrogen (secondary N) is 1. The summed E-state index contributed by atoms with van der Waals surface area (Å²) in [5.74, 6) is 0.858. The van der Waals surface area contributed by atoms with Gasteiger partial charge in [0.1, 0.15) is 11.5 Å². The summed E-state index contributed by atoms with van der Waals surface area (Å²) < 4.78 is 0. The minimum atomic E-state index is -0.00241. The molecule has 1 aliphatic rings. The molecule has 1 amide bonds. The summed E-state index contributed by atoms with van der Waals surface area (Å²) >= 11 is 0. The Balaban J connectivity index is 1.59. The fourth-order valence-corrected chi connectivity index (χ4v) is 2.62. The average Bonchev–Trinajstić information content (AvgIpc) is 3.04. The Morgan fingerprint density at radius 3 is 2.77 bits per heavy atom. The van der Waals surface area contributed by atoms with E-state index in [1.54, 1.807) is 18.6 Å². The second kappa shape index (κ2) is 6.55. The molecule has 7 nitrogen and oxygen atoms in total. The highest BCUT2D eigenvalue weighted by molar-refractivity contribution is 5.92. The van der Waals surface area contributed by atoms with Crippen LogP contribution in [0.1, 0.15) is 29.5 Å². The van der Waals surface area contributed by atoms with E-state index in [9.17, 15) is 4.79 Å². The summed E-state index contributed by atoms with van der Waals surface area (Å²) in [4.78, 5) is 24.8. The van der Waals surface area contributed by atoms with Gasteiger partial charge < -0.3 is 9.80 Å². The molecule has 0 unspecified atom stereocenters. The van der Waals surface area contributed by atoms with Crippen LogP contribution in [0.2, 0.25) is 0 Å². The van der Waals surface area contributed by atoms with Gasteiger partial charge in [-0.2, -0.15) is 5.10 Å². The van der Waals surface area contributed by atoms with Crippen LogP contribution in [0.4, 0.5) is 5.82 Å². The van der Waals surface area contributed by atoms with Crippen LogP contribution >= 0.6 is 0 Å². The second-order valence-electron chi connectivity index (χ2n) is 5.37. The number of hydrogen-bond donors (Lipinski definition) is 1. The SMILES string of the molecule is CCCc1cc(C(=O)N2CCN(c3cnccn3)CC2)n[nH]1. The number of hydrogen-bond acceptors (Lipinski definition) is 5. The summed E-state index contributed by atoms with van der Waals surface area (Å²) in [5, 5.41) is 7.07. The van der Waals surface area contributed by atoms with Crippen molar-refractivity contribution in [3.05, 3.63) is 36.0 Å². The van der Waals surface area contributed by atoms with Gasteiger partial charge in [0.15, 0.2) is 0 Å². The fraction of sp³-hybridized carbons (Fsp3) is 0.467. The first-order valence-electron chi connectivity index (χ1n) is 7.62. The third-order valence-electron chi connectivity index (χ3n) is 3.81. The van der Waals surface area contributed by atoms with Crippen LogP contribution in [0.25, 0.3) is 0 Å². The van der Waals surface area contributed by atoms with Gasteiger partial charge in [0.2, 0.25) is 0 Å². The Hall–Kier alpha value is -2.44. The van der Waals surface area contributed by atoms with E-state index >= 15 is 0 Å². The summed E-state index contributed by atoms with van der Waals surface area (Å²) in [6.45, 7) is 4.97. The highest BCUT2D eigenvalue weighted by atomic mass is 16.2. The molecular formula is C15H20N6O. The van der Waals surface area contributed by atoms with Crippen molar-refractivity contribution in [2.75, 3.05) is 31.1 Å². The molecule has 0 aromatic carbocycles. The Bertz CT molecular complexity index is 618. The fourth-order valence-electron chi connectivity index (χ4n) is 2.62. The highest BCUT2D eigenvalue weighted by Gasteiger charge is 2.24. The molecule has 1 N–H and O–H groups in total. The first kappa shape index (κ1) is 14.5. The lowest BCUT2D eigenvalue weighted by Gasteiger charge is -2.34. The summed E-state index contributed by atoms with van der Waals surface area (Å²) in [5.41, 5.74) is 1.53. The maximum atomic E-state index is 12.5. The number of aryl methyl sites for hydroxylation is 1. The number of aromatic nitrogens is 4. The zero-order valence-electron chi connectivity index (χ0n) is 12.7. The average molecular weight is 300 g/mol. The molecule has 1 saturated heterocycles. The predicted octanol–water partition coefficient (Wildman–Crippen LogP) is 1.11. The van der Waals surface area contributed by atoms with Crippen molar-refractivity contribution in [1.82, 2.24) is 25.1 Å². The van der Waals surface area contributed by atoms with Gasteiger partial charge in [-0.25, -0.2) is 4.98 Å². The van der Waals surface area contributed by atoms with Crippen LogP contribution in [0.15, 0.2) is 24.7 Å². The Labute approximate surface area is 129 Å². The van der Waals surface area contributed by atoms with E-state index in [2.05, 4.69) is 32.0 Å². The van der Waals surface area contributed by atoms with Gasteiger partial charge in [0.05, 0.1) is 6.20 Å². The zero-order chi connectivity index (χ0) is 15.4. The van der Waals surface area contributed by atoms with Crippen molar-refractivity contribution in [3.63, 3.8) is 0 Å². The van der Waals surface area contributed by atoms with Gasteiger partial charge in [-0.15, -0.1) is 0 Å². The van der Waals surface area contributed by atoms with Crippen LogP contribution < -0.4 is 4.90 Å². The molecule has 22 heavy (non-hydrogen) atoms. The van der Waals surface area contributed by atoms with Crippen LogP contribution in [-0.2, 0) is 6.42 Å². The second-order valence-corrected chi connectivity index (χ2v) is 5.37. The highest BCUT2D eigenvalue weighted by Crippen LogP contribution is 2.13. The molecule has 7 heteroatoms. The number of aromatic amines is 1. The maximum Gasteiger partial charge on any atom is 0.274 e.